The molecule has 0 radical (unpaired) electrons. The number of hydrogen-bond acceptors (Lipinski definition) is 0. The van der Waals surface area contributed by atoms with E-state index in [-0.39, 0.29) is 24.0 Å². The van der Waals surface area contributed by atoms with Crippen molar-refractivity contribution < 1.29 is 28.5 Å². The maximum Gasteiger partial charge on any atom is 0.241 e. The number of H-pyrrole nitrogens is 1. The van der Waals surface area contributed by atoms with E-state index in [1.54, 1.807) is 0 Å². The van der Waals surface area contributed by atoms with E-state index in [1.165, 1.54) is 51.4 Å². The molecule has 0 bridgehead atoms. The minimum Gasteiger partial charge on any atom is -1.00 e. The molecule has 1 heterocycles. The van der Waals surface area contributed by atoms with Gasteiger partial charge in [-0.15, -0.1) is 6.58 Å². The molecule has 0 aliphatic rings. The molecule has 0 amide bonds. The van der Waals surface area contributed by atoms with Crippen molar-refractivity contribution in [3.63, 3.8) is 0 Å². The number of aromatic amines is 1. The van der Waals surface area contributed by atoms with Gasteiger partial charge in [-0.3, -0.25) is 4.98 Å². The maximum absolute atomic E-state index is 3.80. The van der Waals surface area contributed by atoms with Gasteiger partial charge in [0.1, 0.15) is 18.4 Å². The summed E-state index contributed by atoms with van der Waals surface area (Å²) in [6.07, 6.45) is 20.1. The Bertz CT molecular complexity index is 296. The summed E-state index contributed by atoms with van der Waals surface area (Å²) in [6.45, 7) is 6.07. The highest BCUT2D eigenvalue weighted by molar-refractivity contribution is 4.67. The van der Waals surface area contributed by atoms with Gasteiger partial charge in [-0.05, 0) is 32.1 Å². The van der Waals surface area contributed by atoms with Crippen molar-refractivity contribution in [3.8, 4) is 0 Å². The minimum absolute atomic E-state index is 0. The van der Waals surface area contributed by atoms with Crippen LogP contribution in [0.1, 0.15) is 70.8 Å². The van der Waals surface area contributed by atoms with Gasteiger partial charge in [-0.2, -0.15) is 0 Å². The third kappa shape index (κ3) is 8.45. The number of unbranched alkanes of at least 4 members (excludes halogenated alkanes) is 5. The molecule has 1 atom stereocenters. The van der Waals surface area contributed by atoms with E-state index in [9.17, 15) is 0 Å². The molecule has 1 N–H and O–H groups in total. The van der Waals surface area contributed by atoms with Crippen LogP contribution < -0.4 is 28.5 Å². The van der Waals surface area contributed by atoms with E-state index < -0.39 is 0 Å². The average Bonchev–Trinajstić information content (AvgIpc) is 2.90. The molecule has 110 valence electrons. The van der Waals surface area contributed by atoms with E-state index >= 15 is 0 Å². The number of allylic oxidation sites excluding steroid dienone is 1. The molecule has 0 saturated carbocycles. The second kappa shape index (κ2) is 12.7. The van der Waals surface area contributed by atoms with Crippen LogP contribution in [0.2, 0.25) is 0 Å². The quantitative estimate of drug-likeness (QED) is 0.262. The van der Waals surface area contributed by atoms with E-state index in [1.807, 2.05) is 12.3 Å². The zero-order valence-corrected chi connectivity index (χ0v) is 14.4. The Morgan fingerprint density at radius 1 is 1.16 bits per heavy atom. The lowest BCUT2D eigenvalue weighted by molar-refractivity contribution is -0.723. The Kier molecular flexibility index (Phi) is 12.5. The van der Waals surface area contributed by atoms with Crippen molar-refractivity contribution in [2.24, 2.45) is 0 Å². The van der Waals surface area contributed by atoms with Crippen LogP contribution in [0.25, 0.3) is 0 Å². The molecule has 0 aliphatic heterocycles. The fourth-order valence-corrected chi connectivity index (χ4v) is 2.45. The molecule has 1 rings (SSSR count). The van der Waals surface area contributed by atoms with Gasteiger partial charge in [0.05, 0.1) is 0 Å². The molecule has 1 aromatic rings. The first-order valence-corrected chi connectivity index (χ1v) is 7.53. The summed E-state index contributed by atoms with van der Waals surface area (Å²) >= 11 is 0. The Balaban J connectivity index is 0.00000324. The zero-order valence-electron chi connectivity index (χ0n) is 12.3. The second-order valence-electron chi connectivity index (χ2n) is 5.14. The zero-order chi connectivity index (χ0) is 13.1. The molecule has 2 nitrogen and oxygen atoms in total. The molecule has 19 heavy (non-hydrogen) atoms. The van der Waals surface area contributed by atoms with E-state index in [0.717, 1.165) is 6.42 Å². The SMILES string of the molecule is C=CCCCC(CCCCCCC)[n+]1cc[nH]c1.[I-]. The molecule has 1 unspecified atom stereocenters. The van der Waals surface area contributed by atoms with Crippen LogP contribution in [0.4, 0.5) is 0 Å². The van der Waals surface area contributed by atoms with Gasteiger partial charge in [0, 0.05) is 0 Å². The summed E-state index contributed by atoms with van der Waals surface area (Å²) < 4.78 is 2.34. The highest BCUT2D eigenvalue weighted by Gasteiger charge is 2.14. The lowest BCUT2D eigenvalue weighted by atomic mass is 10.0. The first kappa shape index (κ1) is 18.7. The number of halogens is 1. The number of nitrogens with one attached hydrogen (secondary N) is 1. The summed E-state index contributed by atoms with van der Waals surface area (Å²) in [5, 5.41) is 0. The van der Waals surface area contributed by atoms with E-state index in [4.69, 9.17) is 0 Å². The molecular weight excluding hydrogens is 347 g/mol. The van der Waals surface area contributed by atoms with Gasteiger partial charge in [-0.25, -0.2) is 4.57 Å². The normalized spacial score (nSPS) is 11.8. The van der Waals surface area contributed by atoms with Crippen molar-refractivity contribution in [2.45, 2.75) is 70.8 Å². The summed E-state index contributed by atoms with van der Waals surface area (Å²) in [6, 6.07) is 0.665. The molecular formula is C16H29IN2. The highest BCUT2D eigenvalue weighted by atomic mass is 127. The Hall–Kier alpha value is -0.320. The maximum atomic E-state index is 3.80. The van der Waals surface area contributed by atoms with E-state index in [0.29, 0.717) is 6.04 Å². The summed E-state index contributed by atoms with van der Waals surface area (Å²) in [5.41, 5.74) is 0. The fraction of sp³-hybridized carbons (Fsp3) is 0.688. The van der Waals surface area contributed by atoms with Gasteiger partial charge in [0.25, 0.3) is 0 Å². The fourth-order valence-electron chi connectivity index (χ4n) is 2.45. The van der Waals surface area contributed by atoms with E-state index in [2.05, 4.69) is 35.6 Å². The first-order valence-electron chi connectivity index (χ1n) is 7.53. The predicted octanol–water partition coefficient (Wildman–Crippen LogP) is 1.56. The van der Waals surface area contributed by atoms with Crippen LogP contribution in [-0.4, -0.2) is 4.98 Å². The second-order valence-corrected chi connectivity index (χ2v) is 5.14. The standard InChI is InChI=1S/C16H28N2.HI/c1-3-5-7-8-10-12-16(11-9-6-4-2)18-14-13-17-15-18;/h4,13-16H,2-3,5-12H2,1H3;1H. The van der Waals surface area contributed by atoms with Crippen molar-refractivity contribution in [3.05, 3.63) is 31.4 Å². The van der Waals surface area contributed by atoms with Crippen molar-refractivity contribution in [1.82, 2.24) is 4.98 Å². The molecule has 3 heteroatoms. The Morgan fingerprint density at radius 2 is 1.89 bits per heavy atom. The summed E-state index contributed by atoms with van der Waals surface area (Å²) in [7, 11) is 0. The highest BCUT2D eigenvalue weighted by Crippen LogP contribution is 2.17. The lowest BCUT2D eigenvalue weighted by Gasteiger charge is -2.13. The number of rotatable bonds is 11. The van der Waals surface area contributed by atoms with Gasteiger partial charge in [0.2, 0.25) is 6.33 Å². The third-order valence-corrected chi connectivity index (χ3v) is 3.57. The van der Waals surface area contributed by atoms with Crippen LogP contribution in [0, 0.1) is 0 Å². The summed E-state index contributed by atoms with van der Waals surface area (Å²) in [4.78, 5) is 3.15. The molecule has 0 aromatic carbocycles. The Labute approximate surface area is 135 Å². The number of aromatic nitrogens is 2. The van der Waals surface area contributed by atoms with Crippen LogP contribution >= 0.6 is 0 Å². The number of hydrogen-bond donors (Lipinski definition) is 1. The minimum atomic E-state index is 0. The van der Waals surface area contributed by atoms with Crippen LogP contribution in [0.3, 0.4) is 0 Å². The Morgan fingerprint density at radius 3 is 2.53 bits per heavy atom. The molecule has 0 spiro atoms. The lowest BCUT2D eigenvalue weighted by Crippen LogP contribution is -3.00. The van der Waals surface area contributed by atoms with Crippen molar-refractivity contribution in [1.29, 1.82) is 0 Å². The number of nitrogens with zero attached hydrogens (tertiary/aromatic N) is 1. The predicted molar refractivity (Wildman–Crippen MR) is 77.4 cm³/mol. The monoisotopic (exact) mass is 376 g/mol. The smallest absolute Gasteiger partial charge is 0.241 e. The van der Waals surface area contributed by atoms with Crippen LogP contribution in [0.5, 0.6) is 0 Å². The van der Waals surface area contributed by atoms with Crippen molar-refractivity contribution in [2.75, 3.05) is 0 Å². The van der Waals surface area contributed by atoms with Crippen molar-refractivity contribution >= 4 is 0 Å². The van der Waals surface area contributed by atoms with Gasteiger partial charge in [0.15, 0.2) is 0 Å². The third-order valence-electron chi connectivity index (χ3n) is 3.57. The van der Waals surface area contributed by atoms with Gasteiger partial charge in [-0.1, -0.05) is 38.7 Å². The molecule has 1 aromatic heterocycles. The number of imidazole rings is 1. The van der Waals surface area contributed by atoms with Gasteiger partial charge < -0.3 is 24.0 Å². The molecule has 0 fully saturated rings. The largest absolute Gasteiger partial charge is 1.00 e. The average molecular weight is 376 g/mol. The van der Waals surface area contributed by atoms with Gasteiger partial charge >= 0.3 is 0 Å². The molecule has 0 saturated heterocycles. The summed E-state index contributed by atoms with van der Waals surface area (Å²) in [5.74, 6) is 0. The first-order chi connectivity index (χ1) is 8.88. The van der Waals surface area contributed by atoms with Crippen LogP contribution in [0.15, 0.2) is 31.4 Å². The molecule has 0 aliphatic carbocycles. The topological polar surface area (TPSA) is 19.7 Å². The van der Waals surface area contributed by atoms with Crippen LogP contribution in [-0.2, 0) is 0 Å².